The Morgan fingerprint density at radius 3 is 1.91 bits per heavy atom. The van der Waals surface area contributed by atoms with Gasteiger partial charge in [0.1, 0.15) is 0 Å². The van der Waals surface area contributed by atoms with Crippen molar-refractivity contribution in [3.8, 4) is 0 Å². The minimum absolute atomic E-state index is 0.0448. The van der Waals surface area contributed by atoms with E-state index in [0.717, 1.165) is 11.1 Å². The summed E-state index contributed by atoms with van der Waals surface area (Å²) in [6.07, 6.45) is -0.505. The molecule has 0 aromatic heterocycles. The molecule has 3 aromatic carbocycles. The van der Waals surface area contributed by atoms with Gasteiger partial charge >= 0.3 is 0 Å². The summed E-state index contributed by atoms with van der Waals surface area (Å²) in [5.41, 5.74) is 2.04. The van der Waals surface area contributed by atoms with Crippen LogP contribution in [0.25, 0.3) is 0 Å². The Balaban J connectivity index is 1.79. The predicted molar refractivity (Wildman–Crippen MR) is 181 cm³/mol. The third kappa shape index (κ3) is 11.3. The van der Waals surface area contributed by atoms with Crippen LogP contribution >= 0.6 is 0 Å². The van der Waals surface area contributed by atoms with Gasteiger partial charge in [-0.25, -0.2) is 8.42 Å². The maximum atomic E-state index is 13.6. The number of carbonyl (C=O) groups excluding carboxylic acids is 3. The van der Waals surface area contributed by atoms with Crippen LogP contribution in [0.15, 0.2) is 78.9 Å². The summed E-state index contributed by atoms with van der Waals surface area (Å²) in [7, 11) is -3.71. The Kier molecular flexibility index (Phi) is 13.3. The Hall–Kier alpha value is -4.22. The lowest BCUT2D eigenvalue weighted by atomic mass is 9.92. The molecule has 46 heavy (non-hydrogen) atoms. The molecule has 0 spiro atoms. The SMILES string of the molecule is CCS(=O)(=O)Nc1cc(C(=O)NC(C)c2ccccc2)cc(C(=O)NC(CC(C)C)C(O)CC(C)C(=O)NCc2ccccc2)c1. The normalized spacial score (nSPS) is 14.1. The number of hydrogen-bond acceptors (Lipinski definition) is 6. The van der Waals surface area contributed by atoms with Gasteiger partial charge in [-0.3, -0.25) is 19.1 Å². The average Bonchev–Trinajstić information content (AvgIpc) is 3.03. The van der Waals surface area contributed by atoms with E-state index in [9.17, 15) is 27.9 Å². The fourth-order valence-corrected chi connectivity index (χ4v) is 5.59. The van der Waals surface area contributed by atoms with E-state index in [2.05, 4.69) is 20.7 Å². The minimum Gasteiger partial charge on any atom is -0.391 e. The molecule has 0 aliphatic rings. The van der Waals surface area contributed by atoms with E-state index in [4.69, 9.17) is 0 Å². The van der Waals surface area contributed by atoms with Gasteiger partial charge in [0.2, 0.25) is 15.9 Å². The first-order valence-corrected chi connectivity index (χ1v) is 17.2. The highest BCUT2D eigenvalue weighted by Gasteiger charge is 2.27. The summed E-state index contributed by atoms with van der Waals surface area (Å²) >= 11 is 0. The van der Waals surface area contributed by atoms with Gasteiger partial charge in [0.25, 0.3) is 11.8 Å². The number of aliphatic hydroxyl groups excluding tert-OH is 1. The number of anilines is 1. The van der Waals surface area contributed by atoms with E-state index in [1.165, 1.54) is 25.1 Å². The van der Waals surface area contributed by atoms with Crippen LogP contribution < -0.4 is 20.7 Å². The molecular formula is C35H46N4O6S. The maximum Gasteiger partial charge on any atom is 0.251 e. The summed E-state index contributed by atoms with van der Waals surface area (Å²) < 4.78 is 27.2. The molecule has 3 aromatic rings. The first kappa shape index (κ1) is 36.3. The lowest BCUT2D eigenvalue weighted by molar-refractivity contribution is -0.125. The zero-order chi connectivity index (χ0) is 33.9. The Labute approximate surface area is 272 Å². The number of nitrogens with one attached hydrogen (secondary N) is 4. The fourth-order valence-electron chi connectivity index (χ4n) is 4.97. The smallest absolute Gasteiger partial charge is 0.251 e. The Bertz CT molecular complexity index is 1560. The first-order chi connectivity index (χ1) is 21.8. The van der Waals surface area contributed by atoms with Gasteiger partial charge in [0, 0.05) is 23.6 Å². The van der Waals surface area contributed by atoms with Crippen LogP contribution in [0.1, 0.15) is 85.3 Å². The van der Waals surface area contributed by atoms with Crippen molar-refractivity contribution in [3.05, 3.63) is 101 Å². The fraction of sp³-hybridized carbons (Fsp3) is 0.400. The van der Waals surface area contributed by atoms with Crippen LogP contribution in [0.5, 0.6) is 0 Å². The number of carbonyl (C=O) groups is 3. The van der Waals surface area contributed by atoms with Crippen LogP contribution in [-0.2, 0) is 21.4 Å². The summed E-state index contributed by atoms with van der Waals surface area (Å²) in [5.74, 6) is -1.92. The first-order valence-electron chi connectivity index (χ1n) is 15.6. The molecule has 0 heterocycles. The third-order valence-electron chi connectivity index (χ3n) is 7.62. The van der Waals surface area contributed by atoms with Crippen LogP contribution in [0.4, 0.5) is 5.69 Å². The molecule has 0 bridgehead atoms. The summed E-state index contributed by atoms with van der Waals surface area (Å²) in [6.45, 7) is 9.31. The van der Waals surface area contributed by atoms with Gasteiger partial charge in [-0.15, -0.1) is 0 Å². The molecule has 3 amide bonds. The highest BCUT2D eigenvalue weighted by atomic mass is 32.2. The Morgan fingerprint density at radius 2 is 1.35 bits per heavy atom. The van der Waals surface area contributed by atoms with E-state index < -0.39 is 39.9 Å². The van der Waals surface area contributed by atoms with Crippen molar-refractivity contribution in [3.63, 3.8) is 0 Å². The molecule has 0 fully saturated rings. The number of amides is 3. The molecule has 4 unspecified atom stereocenters. The Morgan fingerprint density at radius 1 is 0.783 bits per heavy atom. The van der Waals surface area contributed by atoms with Gasteiger partial charge in [0.05, 0.1) is 29.6 Å². The average molecular weight is 651 g/mol. The molecule has 0 radical (unpaired) electrons. The van der Waals surface area contributed by atoms with Crippen molar-refractivity contribution in [2.75, 3.05) is 10.5 Å². The van der Waals surface area contributed by atoms with E-state index >= 15 is 0 Å². The van der Waals surface area contributed by atoms with Crippen LogP contribution in [0, 0.1) is 11.8 Å². The maximum absolute atomic E-state index is 13.6. The van der Waals surface area contributed by atoms with Gasteiger partial charge in [0.15, 0.2) is 0 Å². The van der Waals surface area contributed by atoms with Crippen molar-refractivity contribution >= 4 is 33.4 Å². The van der Waals surface area contributed by atoms with Crippen LogP contribution in [-0.4, -0.2) is 49.1 Å². The molecule has 3 rings (SSSR count). The molecule has 0 saturated heterocycles. The van der Waals surface area contributed by atoms with E-state index in [1.807, 2.05) is 81.4 Å². The van der Waals surface area contributed by atoms with E-state index in [1.54, 1.807) is 6.92 Å². The number of rotatable bonds is 16. The highest BCUT2D eigenvalue weighted by molar-refractivity contribution is 7.92. The zero-order valence-corrected chi connectivity index (χ0v) is 27.9. The molecule has 0 aliphatic heterocycles. The molecule has 4 atom stereocenters. The summed E-state index contributed by atoms with van der Waals surface area (Å²) in [6, 6.07) is 21.9. The van der Waals surface area contributed by atoms with Crippen molar-refractivity contribution in [2.24, 2.45) is 11.8 Å². The van der Waals surface area contributed by atoms with Gasteiger partial charge in [-0.2, -0.15) is 0 Å². The molecule has 248 valence electrons. The monoisotopic (exact) mass is 650 g/mol. The topological polar surface area (TPSA) is 154 Å². The minimum atomic E-state index is -3.71. The third-order valence-corrected chi connectivity index (χ3v) is 8.92. The molecule has 0 aliphatic carbocycles. The second-order valence-electron chi connectivity index (χ2n) is 12.0. The van der Waals surface area contributed by atoms with Crippen molar-refractivity contribution in [1.82, 2.24) is 16.0 Å². The standard InChI is InChI=1S/C35H46N4O6S/c1-6-46(44,45)39-30-20-28(34(42)37-25(5)27-15-11-8-12-16-27)19-29(21-30)35(43)38-31(17-23(2)3)32(40)18-24(4)33(41)36-22-26-13-9-7-10-14-26/h7-16,19-21,23-25,31-32,39-40H,6,17-18,22H2,1-5H3,(H,36,41)(H,37,42)(H,38,43). The van der Waals surface area contributed by atoms with Crippen molar-refractivity contribution in [2.45, 2.75) is 72.2 Å². The lowest BCUT2D eigenvalue weighted by Crippen LogP contribution is -2.46. The van der Waals surface area contributed by atoms with Gasteiger partial charge in [-0.1, -0.05) is 81.4 Å². The van der Waals surface area contributed by atoms with E-state index in [0.29, 0.717) is 13.0 Å². The molecule has 11 heteroatoms. The van der Waals surface area contributed by atoms with Crippen LogP contribution in [0.3, 0.4) is 0 Å². The van der Waals surface area contributed by atoms with Crippen molar-refractivity contribution < 1.29 is 27.9 Å². The van der Waals surface area contributed by atoms with Crippen LogP contribution in [0.2, 0.25) is 0 Å². The number of sulfonamides is 1. The predicted octanol–water partition coefficient (Wildman–Crippen LogP) is 4.79. The zero-order valence-electron chi connectivity index (χ0n) is 27.1. The number of benzene rings is 3. The largest absolute Gasteiger partial charge is 0.391 e. The number of hydrogen-bond donors (Lipinski definition) is 5. The molecule has 0 saturated carbocycles. The highest BCUT2D eigenvalue weighted by Crippen LogP contribution is 2.21. The summed E-state index contributed by atoms with van der Waals surface area (Å²) in [4.78, 5) is 39.7. The van der Waals surface area contributed by atoms with Gasteiger partial charge < -0.3 is 21.1 Å². The number of aliphatic hydroxyl groups is 1. The van der Waals surface area contributed by atoms with Gasteiger partial charge in [-0.05, 0) is 61.9 Å². The van der Waals surface area contributed by atoms with Crippen molar-refractivity contribution in [1.29, 1.82) is 0 Å². The van der Waals surface area contributed by atoms with E-state index in [-0.39, 0.29) is 46.9 Å². The lowest BCUT2D eigenvalue weighted by Gasteiger charge is -2.27. The second-order valence-corrected chi connectivity index (χ2v) is 14.0. The quantitative estimate of drug-likeness (QED) is 0.150. The molecule has 5 N–H and O–H groups in total. The second kappa shape index (κ2) is 16.9. The summed E-state index contributed by atoms with van der Waals surface area (Å²) in [5, 5.41) is 19.9. The molecule has 10 nitrogen and oxygen atoms in total. The molecular weight excluding hydrogens is 604 g/mol.